The number of hydrogen-bond donors (Lipinski definition) is 1. The summed E-state index contributed by atoms with van der Waals surface area (Å²) >= 11 is 0. The van der Waals surface area contributed by atoms with E-state index in [4.69, 9.17) is 9.47 Å². The van der Waals surface area contributed by atoms with Crippen molar-refractivity contribution in [3.63, 3.8) is 0 Å². The highest BCUT2D eigenvalue weighted by atomic mass is 16.5. The Hall–Kier alpha value is -3.06. The third-order valence-electron chi connectivity index (χ3n) is 4.67. The second-order valence-electron chi connectivity index (χ2n) is 6.77. The first-order valence-corrected chi connectivity index (χ1v) is 9.15. The van der Waals surface area contributed by atoms with Crippen molar-refractivity contribution in [2.45, 2.75) is 13.2 Å². The molecule has 1 saturated heterocycles. The van der Waals surface area contributed by atoms with Gasteiger partial charge in [-0.05, 0) is 35.4 Å². The van der Waals surface area contributed by atoms with E-state index in [9.17, 15) is 9.59 Å². The van der Waals surface area contributed by atoms with E-state index in [0.717, 1.165) is 30.0 Å². The fourth-order valence-corrected chi connectivity index (χ4v) is 2.92. The number of methoxy groups -OCH3 is 1. The van der Waals surface area contributed by atoms with Crippen LogP contribution in [0.3, 0.4) is 0 Å². The molecule has 148 valence electrons. The summed E-state index contributed by atoms with van der Waals surface area (Å²) in [7, 11) is 3.43. The molecule has 2 aromatic rings. The zero-order valence-electron chi connectivity index (χ0n) is 16.2. The van der Waals surface area contributed by atoms with Crippen molar-refractivity contribution in [2.75, 3.05) is 39.1 Å². The highest BCUT2D eigenvalue weighted by Gasteiger charge is 2.20. The number of benzene rings is 2. The third kappa shape index (κ3) is 5.47. The molecule has 1 aliphatic heterocycles. The molecule has 0 aliphatic carbocycles. The number of carbonyl (C=O) groups excluding carboxylic acids is 2. The van der Waals surface area contributed by atoms with E-state index in [1.165, 1.54) is 0 Å². The maximum absolute atomic E-state index is 12.0. The first-order chi connectivity index (χ1) is 13.5. The number of amides is 2. The van der Waals surface area contributed by atoms with Crippen molar-refractivity contribution in [1.82, 2.24) is 9.80 Å². The molecule has 1 aliphatic rings. The highest BCUT2D eigenvalue weighted by Crippen LogP contribution is 2.15. The molecule has 0 atom stereocenters. The molecule has 1 fully saturated rings. The average molecular weight is 383 g/mol. The van der Waals surface area contributed by atoms with Gasteiger partial charge in [0.05, 0.1) is 13.7 Å². The molecule has 0 saturated carbocycles. The number of hydrogen-bond acceptors (Lipinski definition) is 5. The Morgan fingerprint density at radius 1 is 1.04 bits per heavy atom. The summed E-state index contributed by atoms with van der Waals surface area (Å²) in [4.78, 5) is 27.6. The first-order valence-electron chi connectivity index (χ1n) is 9.15. The van der Waals surface area contributed by atoms with Gasteiger partial charge in [0.2, 0.25) is 5.91 Å². The van der Waals surface area contributed by atoms with E-state index in [0.29, 0.717) is 18.8 Å². The topological polar surface area (TPSA) is 71.1 Å². The minimum atomic E-state index is -0.506. The minimum absolute atomic E-state index is 0.143. The van der Waals surface area contributed by atoms with Gasteiger partial charge in [-0.15, -0.1) is 0 Å². The van der Waals surface area contributed by atoms with Crippen LogP contribution in [0.1, 0.15) is 11.1 Å². The molecule has 0 unspecified atom stereocenters. The van der Waals surface area contributed by atoms with Gasteiger partial charge in [0.1, 0.15) is 12.4 Å². The van der Waals surface area contributed by atoms with E-state index in [2.05, 4.69) is 10.2 Å². The molecule has 3 rings (SSSR count). The van der Waals surface area contributed by atoms with Crippen LogP contribution in [0, 0.1) is 0 Å². The van der Waals surface area contributed by atoms with Crippen LogP contribution in [0.5, 0.6) is 5.75 Å². The maximum Gasteiger partial charge on any atom is 0.411 e. The van der Waals surface area contributed by atoms with Crippen molar-refractivity contribution in [1.29, 1.82) is 0 Å². The molecule has 2 aromatic carbocycles. The van der Waals surface area contributed by atoms with Crippen LogP contribution < -0.4 is 10.1 Å². The molecule has 7 heteroatoms. The highest BCUT2D eigenvalue weighted by molar-refractivity contribution is 5.84. The average Bonchev–Trinajstić information content (AvgIpc) is 2.71. The molecular weight excluding hydrogens is 358 g/mol. The summed E-state index contributed by atoms with van der Waals surface area (Å²) in [6, 6.07) is 14.9. The molecule has 1 heterocycles. The van der Waals surface area contributed by atoms with E-state index in [1.54, 1.807) is 12.0 Å². The molecule has 0 aromatic heterocycles. The molecule has 7 nitrogen and oxygen atoms in total. The van der Waals surface area contributed by atoms with Crippen molar-refractivity contribution in [3.8, 4) is 5.75 Å². The number of carbonyl (C=O) groups is 2. The van der Waals surface area contributed by atoms with Crippen molar-refractivity contribution < 1.29 is 19.1 Å². The van der Waals surface area contributed by atoms with Crippen molar-refractivity contribution in [2.24, 2.45) is 0 Å². The second-order valence-corrected chi connectivity index (χ2v) is 6.77. The Kier molecular flexibility index (Phi) is 6.49. The first kappa shape index (κ1) is 19.7. The zero-order valence-corrected chi connectivity index (χ0v) is 16.2. The number of nitrogens with zero attached hydrogens (tertiary/aromatic N) is 2. The SMILES string of the molecule is COc1ccc(COC(=O)Nc2ccc(CN3CCN(C)C(=O)C3)cc2)cc1. The van der Waals surface area contributed by atoms with Gasteiger partial charge in [-0.25, -0.2) is 4.79 Å². The molecule has 1 N–H and O–H groups in total. The van der Waals surface area contributed by atoms with Gasteiger partial charge in [-0.3, -0.25) is 15.0 Å². The van der Waals surface area contributed by atoms with Gasteiger partial charge in [-0.2, -0.15) is 0 Å². The number of rotatable bonds is 6. The lowest BCUT2D eigenvalue weighted by atomic mass is 10.2. The van der Waals surface area contributed by atoms with Gasteiger partial charge < -0.3 is 14.4 Å². The van der Waals surface area contributed by atoms with Crippen LogP contribution in [0.2, 0.25) is 0 Å². The Balaban J connectivity index is 1.45. The predicted molar refractivity (Wildman–Crippen MR) is 106 cm³/mol. The van der Waals surface area contributed by atoms with Crippen molar-refractivity contribution in [3.05, 3.63) is 59.7 Å². The molecule has 28 heavy (non-hydrogen) atoms. The summed E-state index contributed by atoms with van der Waals surface area (Å²) in [5.41, 5.74) is 2.64. The lowest BCUT2D eigenvalue weighted by Gasteiger charge is -2.31. The second kappa shape index (κ2) is 9.23. The van der Waals surface area contributed by atoms with Gasteiger partial charge in [0, 0.05) is 32.4 Å². The van der Waals surface area contributed by atoms with Crippen LogP contribution in [0.25, 0.3) is 0 Å². The molecule has 0 bridgehead atoms. The standard InChI is InChI=1S/C21H25N3O4/c1-23-11-12-24(14-20(23)25)13-16-3-7-18(8-4-16)22-21(26)28-15-17-5-9-19(27-2)10-6-17/h3-10H,11-15H2,1-2H3,(H,22,26). The minimum Gasteiger partial charge on any atom is -0.497 e. The molecule has 2 amide bonds. The van der Waals surface area contributed by atoms with Crippen LogP contribution in [-0.4, -0.2) is 55.6 Å². The Morgan fingerprint density at radius 3 is 2.36 bits per heavy atom. The smallest absolute Gasteiger partial charge is 0.411 e. The fourth-order valence-electron chi connectivity index (χ4n) is 2.92. The Bertz CT molecular complexity index is 805. The lowest BCUT2D eigenvalue weighted by Crippen LogP contribution is -2.47. The predicted octanol–water partition coefficient (Wildman–Crippen LogP) is 2.72. The van der Waals surface area contributed by atoms with E-state index in [-0.39, 0.29) is 12.5 Å². The quantitative estimate of drug-likeness (QED) is 0.831. The van der Waals surface area contributed by atoms with Crippen LogP contribution in [0.4, 0.5) is 10.5 Å². The summed E-state index contributed by atoms with van der Waals surface area (Å²) in [6.07, 6.45) is -0.506. The summed E-state index contributed by atoms with van der Waals surface area (Å²) in [5.74, 6) is 0.901. The number of piperazine rings is 1. The van der Waals surface area contributed by atoms with E-state index < -0.39 is 6.09 Å². The number of nitrogens with one attached hydrogen (secondary N) is 1. The van der Waals surface area contributed by atoms with Crippen LogP contribution in [0.15, 0.2) is 48.5 Å². The van der Waals surface area contributed by atoms with E-state index >= 15 is 0 Å². The normalized spacial score (nSPS) is 14.6. The monoisotopic (exact) mass is 383 g/mol. The number of ether oxygens (including phenoxy) is 2. The van der Waals surface area contributed by atoms with Gasteiger partial charge >= 0.3 is 6.09 Å². The summed E-state index contributed by atoms with van der Waals surface area (Å²) in [5, 5.41) is 2.72. The zero-order chi connectivity index (χ0) is 19.9. The molecule has 0 radical (unpaired) electrons. The Labute approximate surface area is 164 Å². The molecular formula is C21H25N3O4. The van der Waals surface area contributed by atoms with Gasteiger partial charge in [0.15, 0.2) is 0 Å². The van der Waals surface area contributed by atoms with Gasteiger partial charge in [0.25, 0.3) is 0 Å². The van der Waals surface area contributed by atoms with E-state index in [1.807, 2.05) is 55.6 Å². The van der Waals surface area contributed by atoms with Gasteiger partial charge in [-0.1, -0.05) is 24.3 Å². The van der Waals surface area contributed by atoms with Crippen LogP contribution >= 0.6 is 0 Å². The summed E-state index contributed by atoms with van der Waals surface area (Å²) < 4.78 is 10.3. The largest absolute Gasteiger partial charge is 0.497 e. The maximum atomic E-state index is 12.0. The number of likely N-dealkylation sites (N-methyl/N-ethyl adjacent to an activating group) is 1. The lowest BCUT2D eigenvalue weighted by molar-refractivity contribution is -0.134. The molecule has 0 spiro atoms. The van der Waals surface area contributed by atoms with Crippen molar-refractivity contribution >= 4 is 17.7 Å². The fraction of sp³-hybridized carbons (Fsp3) is 0.333. The van der Waals surface area contributed by atoms with Crippen LogP contribution in [-0.2, 0) is 22.7 Å². The summed E-state index contributed by atoms with van der Waals surface area (Å²) in [6.45, 7) is 2.94. The Morgan fingerprint density at radius 2 is 1.71 bits per heavy atom. The number of anilines is 1. The third-order valence-corrected chi connectivity index (χ3v) is 4.67.